The molecule has 2 saturated heterocycles. The Morgan fingerprint density at radius 1 is 1.17 bits per heavy atom. The molecule has 2 aliphatic heterocycles. The molecule has 0 aromatic rings. The molecule has 6 heteroatoms. The van der Waals surface area contributed by atoms with E-state index in [4.69, 9.17) is 0 Å². The van der Waals surface area contributed by atoms with Crippen molar-refractivity contribution < 1.29 is 14.7 Å². The number of carboxylic acids is 1. The largest absolute Gasteiger partial charge is 0.481 e. The predicted octanol–water partition coefficient (Wildman–Crippen LogP) is 1.76. The quantitative estimate of drug-likeness (QED) is 0.756. The number of hydrogen-bond acceptors (Lipinski definition) is 3. The molecule has 3 rings (SSSR count). The lowest BCUT2D eigenvalue weighted by Crippen LogP contribution is -2.42. The molecule has 0 spiro atoms. The van der Waals surface area contributed by atoms with Gasteiger partial charge in [0.2, 0.25) is 0 Å². The fourth-order valence-electron chi connectivity index (χ4n) is 4.59. The third-order valence-corrected chi connectivity index (χ3v) is 5.96. The minimum Gasteiger partial charge on any atom is -0.481 e. The van der Waals surface area contributed by atoms with Gasteiger partial charge in [0.25, 0.3) is 0 Å². The molecule has 2 N–H and O–H groups in total. The standard InChI is InChI=1S/C17H29N3O3/c21-15(22)17-7-4-6-14(17)12-20(13-17)16(23)18-8-5-11-19-9-2-1-3-10-19/h14H,1-13H2,(H,18,23)(H,21,22)/t14-,17+/m0/s1. The molecular weight excluding hydrogens is 294 g/mol. The van der Waals surface area contributed by atoms with E-state index in [0.717, 1.165) is 25.8 Å². The van der Waals surface area contributed by atoms with E-state index in [-0.39, 0.29) is 11.9 Å². The van der Waals surface area contributed by atoms with Crippen molar-refractivity contribution in [3.63, 3.8) is 0 Å². The molecule has 3 fully saturated rings. The van der Waals surface area contributed by atoms with Crippen molar-refractivity contribution in [2.75, 3.05) is 39.3 Å². The molecule has 23 heavy (non-hydrogen) atoms. The highest BCUT2D eigenvalue weighted by Crippen LogP contribution is 2.48. The van der Waals surface area contributed by atoms with Gasteiger partial charge in [0, 0.05) is 19.6 Å². The molecule has 6 nitrogen and oxygen atoms in total. The van der Waals surface area contributed by atoms with Crippen LogP contribution < -0.4 is 5.32 Å². The maximum atomic E-state index is 12.3. The average Bonchev–Trinajstić information content (AvgIpc) is 3.10. The molecule has 2 amide bonds. The number of nitrogens with zero attached hydrogens (tertiary/aromatic N) is 2. The van der Waals surface area contributed by atoms with E-state index in [1.54, 1.807) is 4.90 Å². The highest BCUT2D eigenvalue weighted by atomic mass is 16.4. The molecular formula is C17H29N3O3. The molecule has 0 aromatic carbocycles. The van der Waals surface area contributed by atoms with Crippen LogP contribution in [0.4, 0.5) is 4.79 Å². The first-order valence-corrected chi connectivity index (χ1v) is 9.10. The second-order valence-corrected chi connectivity index (χ2v) is 7.42. The first-order valence-electron chi connectivity index (χ1n) is 9.10. The van der Waals surface area contributed by atoms with Gasteiger partial charge in [-0.1, -0.05) is 12.8 Å². The zero-order valence-corrected chi connectivity index (χ0v) is 13.9. The van der Waals surface area contributed by atoms with Crippen molar-refractivity contribution in [1.82, 2.24) is 15.1 Å². The number of carbonyl (C=O) groups excluding carboxylic acids is 1. The number of nitrogens with one attached hydrogen (secondary N) is 1. The van der Waals surface area contributed by atoms with E-state index >= 15 is 0 Å². The van der Waals surface area contributed by atoms with Gasteiger partial charge in [-0.05, 0) is 57.7 Å². The van der Waals surface area contributed by atoms with Crippen LogP contribution in [0.2, 0.25) is 0 Å². The van der Waals surface area contributed by atoms with Gasteiger partial charge in [-0.25, -0.2) is 4.79 Å². The van der Waals surface area contributed by atoms with Gasteiger partial charge in [0.05, 0.1) is 5.41 Å². The van der Waals surface area contributed by atoms with Crippen molar-refractivity contribution in [1.29, 1.82) is 0 Å². The summed E-state index contributed by atoms with van der Waals surface area (Å²) in [5.41, 5.74) is -0.675. The molecule has 2 heterocycles. The minimum absolute atomic E-state index is 0.0846. The lowest BCUT2D eigenvalue weighted by atomic mass is 9.81. The van der Waals surface area contributed by atoms with Crippen molar-refractivity contribution in [3.8, 4) is 0 Å². The van der Waals surface area contributed by atoms with Gasteiger partial charge in [-0.3, -0.25) is 4.79 Å². The monoisotopic (exact) mass is 323 g/mol. The van der Waals surface area contributed by atoms with Gasteiger partial charge >= 0.3 is 12.0 Å². The summed E-state index contributed by atoms with van der Waals surface area (Å²) in [6, 6.07) is -0.0846. The topological polar surface area (TPSA) is 72.9 Å². The van der Waals surface area contributed by atoms with Crippen LogP contribution in [0.3, 0.4) is 0 Å². The van der Waals surface area contributed by atoms with Crippen LogP contribution in [-0.4, -0.2) is 66.2 Å². The van der Waals surface area contributed by atoms with Crippen LogP contribution in [-0.2, 0) is 4.79 Å². The van der Waals surface area contributed by atoms with Crippen LogP contribution in [0.15, 0.2) is 0 Å². The second kappa shape index (κ2) is 7.07. The number of carbonyl (C=O) groups is 2. The van der Waals surface area contributed by atoms with Crippen LogP contribution in [0.1, 0.15) is 44.9 Å². The van der Waals surface area contributed by atoms with E-state index in [9.17, 15) is 14.7 Å². The van der Waals surface area contributed by atoms with Gasteiger partial charge in [0.15, 0.2) is 0 Å². The summed E-state index contributed by atoms with van der Waals surface area (Å²) in [6.07, 6.45) is 7.51. The molecule has 130 valence electrons. The fraction of sp³-hybridized carbons (Fsp3) is 0.882. The van der Waals surface area contributed by atoms with Crippen molar-refractivity contribution >= 4 is 12.0 Å². The van der Waals surface area contributed by atoms with E-state index in [1.165, 1.54) is 32.4 Å². The number of amides is 2. The molecule has 0 aromatic heterocycles. The fourth-order valence-corrected chi connectivity index (χ4v) is 4.59. The van der Waals surface area contributed by atoms with Crippen molar-refractivity contribution in [2.24, 2.45) is 11.3 Å². The number of urea groups is 1. The highest BCUT2D eigenvalue weighted by molar-refractivity contribution is 5.80. The Labute approximate surface area is 138 Å². The lowest BCUT2D eigenvalue weighted by molar-refractivity contribution is -0.149. The average molecular weight is 323 g/mol. The summed E-state index contributed by atoms with van der Waals surface area (Å²) in [4.78, 5) is 28.1. The Morgan fingerprint density at radius 3 is 2.65 bits per heavy atom. The SMILES string of the molecule is O=C(NCCCN1CCCCC1)N1C[C@@H]2CCC[C@@]2(C(=O)O)C1. The Hall–Kier alpha value is -1.30. The molecule has 1 saturated carbocycles. The summed E-state index contributed by atoms with van der Waals surface area (Å²) in [7, 11) is 0. The first kappa shape index (κ1) is 16.6. The summed E-state index contributed by atoms with van der Waals surface area (Å²) < 4.78 is 0. The van der Waals surface area contributed by atoms with E-state index in [1.807, 2.05) is 0 Å². The predicted molar refractivity (Wildman–Crippen MR) is 87.3 cm³/mol. The molecule has 0 radical (unpaired) electrons. The number of piperidine rings is 1. The Morgan fingerprint density at radius 2 is 1.96 bits per heavy atom. The minimum atomic E-state index is -0.722. The third kappa shape index (κ3) is 3.47. The number of likely N-dealkylation sites (tertiary alicyclic amines) is 2. The summed E-state index contributed by atoms with van der Waals surface area (Å²) in [6.45, 7) is 5.07. The molecule has 1 aliphatic carbocycles. The van der Waals surface area contributed by atoms with Gasteiger partial charge < -0.3 is 20.2 Å². The maximum Gasteiger partial charge on any atom is 0.317 e. The summed E-state index contributed by atoms with van der Waals surface area (Å²) >= 11 is 0. The van der Waals surface area contributed by atoms with Crippen LogP contribution in [0, 0.1) is 11.3 Å². The van der Waals surface area contributed by atoms with Crippen molar-refractivity contribution in [3.05, 3.63) is 0 Å². The number of hydrogen-bond donors (Lipinski definition) is 2. The second-order valence-electron chi connectivity index (χ2n) is 7.42. The van der Waals surface area contributed by atoms with Gasteiger partial charge in [-0.2, -0.15) is 0 Å². The van der Waals surface area contributed by atoms with E-state index in [0.29, 0.717) is 26.1 Å². The van der Waals surface area contributed by atoms with E-state index < -0.39 is 11.4 Å². The molecule has 2 atom stereocenters. The van der Waals surface area contributed by atoms with Crippen LogP contribution in [0.25, 0.3) is 0 Å². The Kier molecular flexibility index (Phi) is 5.09. The zero-order valence-electron chi connectivity index (χ0n) is 13.9. The molecule has 3 aliphatic rings. The molecule has 0 unspecified atom stereocenters. The number of carboxylic acid groups (broad SMARTS) is 1. The normalized spacial score (nSPS) is 31.1. The van der Waals surface area contributed by atoms with Gasteiger partial charge in [0.1, 0.15) is 0 Å². The first-order chi connectivity index (χ1) is 11.1. The van der Waals surface area contributed by atoms with E-state index in [2.05, 4.69) is 10.2 Å². The number of fused-ring (bicyclic) bond motifs is 1. The summed E-state index contributed by atoms with van der Waals surface area (Å²) in [5, 5.41) is 12.5. The van der Waals surface area contributed by atoms with Crippen molar-refractivity contribution in [2.45, 2.75) is 44.9 Å². The highest BCUT2D eigenvalue weighted by Gasteiger charge is 2.55. The Balaban J connectivity index is 1.40. The zero-order chi connectivity index (χ0) is 16.3. The number of aliphatic carboxylic acids is 1. The van der Waals surface area contributed by atoms with Crippen LogP contribution in [0.5, 0.6) is 0 Å². The summed E-state index contributed by atoms with van der Waals surface area (Å²) in [5.74, 6) is -0.584. The lowest BCUT2D eigenvalue weighted by Gasteiger charge is -2.26. The number of rotatable bonds is 5. The smallest absolute Gasteiger partial charge is 0.317 e. The Bertz CT molecular complexity index is 450. The maximum absolute atomic E-state index is 12.3. The van der Waals surface area contributed by atoms with Gasteiger partial charge in [-0.15, -0.1) is 0 Å². The third-order valence-electron chi connectivity index (χ3n) is 5.96. The molecule has 0 bridgehead atoms. The van der Waals surface area contributed by atoms with Crippen LogP contribution >= 0.6 is 0 Å².